The van der Waals surface area contributed by atoms with E-state index in [0.717, 1.165) is 99.3 Å². The maximum atomic E-state index is 14.0. The van der Waals surface area contributed by atoms with Crippen LogP contribution in [-0.2, 0) is 94.9 Å². The van der Waals surface area contributed by atoms with Crippen LogP contribution in [0.25, 0.3) is 0 Å². The van der Waals surface area contributed by atoms with Crippen LogP contribution in [0.15, 0.2) is 48.6 Å². The van der Waals surface area contributed by atoms with Crippen LogP contribution in [-0.4, -0.2) is 266 Å². The maximum Gasteiger partial charge on any atom is 0.172 e. The summed E-state index contributed by atoms with van der Waals surface area (Å²) in [5.74, 6) is -1.42. The molecule has 38 atom stereocenters. The van der Waals surface area contributed by atoms with E-state index in [9.17, 15) is 30.0 Å². The molecule has 24 bridgehead atoms. The number of rotatable bonds is 8. The number of hydrogen-bond donors (Lipinski definition) is 4. The first-order valence-electron chi connectivity index (χ1n) is 40.2. The van der Waals surface area contributed by atoms with E-state index in [1.54, 1.807) is 14.2 Å². The van der Waals surface area contributed by atoms with Crippen molar-refractivity contribution in [1.82, 2.24) is 0 Å². The Balaban J connectivity index is 0.000000154. The minimum absolute atomic E-state index is 0.0260. The smallest absolute Gasteiger partial charge is 0.172 e. The number of fused-ring (bicyclic) bond motifs is 12. The molecule has 20 fully saturated rings. The van der Waals surface area contributed by atoms with Gasteiger partial charge in [0.15, 0.2) is 11.6 Å². The standard InChI is InChI=1S/2C40H58O12/c2*1-19-11-24-5-7-28-20(2)12-26(45-28)9-10-40-17-33-36(51-40)37-38(50-33)39(52-40)35-29(49-37)8-6-25(47-35)13-22(42)14-27-31(16-30(46-24)21(19)3)48-32(34(27)44-4)15-23(43)18-41/h2*19,23-39,41,43H,2-3,5-18H2,1,4H3. The van der Waals surface area contributed by atoms with Gasteiger partial charge < -0.3 is 106 Å². The molecule has 38 unspecified atom stereocenters. The zero-order valence-corrected chi connectivity index (χ0v) is 61.4. The van der Waals surface area contributed by atoms with Crippen LogP contribution >= 0.6 is 0 Å². The molecule has 0 aliphatic carbocycles. The highest BCUT2D eigenvalue weighted by molar-refractivity contribution is 5.80. The Labute approximate surface area is 611 Å². The van der Waals surface area contributed by atoms with Gasteiger partial charge in [0.05, 0.1) is 148 Å². The third-order valence-corrected chi connectivity index (χ3v) is 27.8. The summed E-state index contributed by atoms with van der Waals surface area (Å²) in [4.78, 5) is 28.1. The molecule has 24 heteroatoms. The first kappa shape index (κ1) is 74.2. The highest BCUT2D eigenvalue weighted by atomic mass is 16.8. The average Bonchev–Trinajstić information content (AvgIpc) is 1.46. The lowest BCUT2D eigenvalue weighted by Gasteiger charge is -2.47. The molecule has 0 aromatic rings. The second kappa shape index (κ2) is 30.2. The predicted octanol–water partition coefficient (Wildman–Crippen LogP) is 6.94. The normalized spacial score (nSPS) is 52.4. The van der Waals surface area contributed by atoms with Gasteiger partial charge in [-0.3, -0.25) is 9.59 Å². The van der Waals surface area contributed by atoms with Gasteiger partial charge in [-0.25, -0.2) is 0 Å². The molecule has 24 nitrogen and oxygen atoms in total. The Kier molecular flexibility index (Phi) is 21.5. The van der Waals surface area contributed by atoms with Crippen LogP contribution in [0.4, 0.5) is 0 Å². The second-order valence-electron chi connectivity index (χ2n) is 34.7. The topological polar surface area (TPSA) is 281 Å². The number of carbonyl (C=O) groups is 2. The molecule has 20 aliphatic heterocycles. The van der Waals surface area contributed by atoms with Gasteiger partial charge in [-0.15, -0.1) is 0 Å². The molecule has 20 heterocycles. The van der Waals surface area contributed by atoms with Crippen molar-refractivity contribution in [1.29, 1.82) is 0 Å². The Morgan fingerprint density at radius 1 is 0.394 bits per heavy atom. The molecule has 20 saturated heterocycles. The van der Waals surface area contributed by atoms with Crippen LogP contribution in [0.2, 0.25) is 0 Å². The van der Waals surface area contributed by atoms with Crippen molar-refractivity contribution in [2.45, 2.75) is 388 Å². The summed E-state index contributed by atoms with van der Waals surface area (Å²) in [5, 5.41) is 40.1. The second-order valence-corrected chi connectivity index (χ2v) is 34.7. The van der Waals surface area contributed by atoms with Crippen LogP contribution in [0.5, 0.6) is 0 Å². The maximum absolute atomic E-state index is 14.0. The Morgan fingerprint density at radius 2 is 0.769 bits per heavy atom. The third-order valence-electron chi connectivity index (χ3n) is 27.8. The monoisotopic (exact) mass is 1460 g/mol. The fourth-order valence-electron chi connectivity index (χ4n) is 22.5. The van der Waals surface area contributed by atoms with Crippen molar-refractivity contribution < 1.29 is 115 Å². The van der Waals surface area contributed by atoms with Gasteiger partial charge >= 0.3 is 0 Å². The lowest BCUT2D eigenvalue weighted by Crippen LogP contribution is -2.61. The van der Waals surface area contributed by atoms with Gasteiger partial charge in [0.1, 0.15) is 72.6 Å². The van der Waals surface area contributed by atoms with Crippen molar-refractivity contribution in [3.05, 3.63) is 48.6 Å². The van der Waals surface area contributed by atoms with E-state index < -0.39 is 48.2 Å². The van der Waals surface area contributed by atoms with Crippen molar-refractivity contribution in [3.8, 4) is 0 Å². The van der Waals surface area contributed by atoms with E-state index in [1.165, 1.54) is 0 Å². The number of hydrogen-bond acceptors (Lipinski definition) is 24. The largest absolute Gasteiger partial charge is 0.394 e. The first-order chi connectivity index (χ1) is 50.2. The highest BCUT2D eigenvalue weighted by Gasteiger charge is 2.71. The molecule has 0 amide bonds. The van der Waals surface area contributed by atoms with E-state index in [0.29, 0.717) is 51.4 Å². The molecule has 0 aromatic heterocycles. The van der Waals surface area contributed by atoms with E-state index in [1.807, 2.05) is 0 Å². The molecule has 0 saturated carbocycles. The summed E-state index contributed by atoms with van der Waals surface area (Å²) in [6.45, 7) is 21.4. The summed E-state index contributed by atoms with van der Waals surface area (Å²) in [5.41, 5.74) is 4.34. The Morgan fingerprint density at radius 3 is 1.18 bits per heavy atom. The predicted molar refractivity (Wildman–Crippen MR) is 369 cm³/mol. The van der Waals surface area contributed by atoms with Gasteiger partial charge in [-0.1, -0.05) is 40.2 Å². The lowest BCUT2D eigenvalue weighted by atomic mass is 9.81. The number of ether oxygens (including phenoxy) is 18. The fourth-order valence-corrected chi connectivity index (χ4v) is 22.5. The molecule has 104 heavy (non-hydrogen) atoms. The molecule has 4 N–H and O–H groups in total. The lowest BCUT2D eigenvalue weighted by molar-refractivity contribution is -0.292. The zero-order chi connectivity index (χ0) is 71.8. The van der Waals surface area contributed by atoms with Gasteiger partial charge in [0, 0.05) is 103 Å². The molecule has 20 rings (SSSR count). The molecule has 0 aromatic carbocycles. The van der Waals surface area contributed by atoms with Crippen LogP contribution < -0.4 is 0 Å². The minimum Gasteiger partial charge on any atom is -0.394 e. The highest BCUT2D eigenvalue weighted by Crippen LogP contribution is 2.57. The van der Waals surface area contributed by atoms with E-state index in [-0.39, 0.29) is 246 Å². The SMILES string of the molecule is C=C1CC2CCC34CC5OC6C(OC7CCC(CC(=O)CC8C(CC9OC(CCC1O2)CC(C)C9=C)OC(CC(O)CO)C8OC)OC7C6O3)C5O4.C=C1CC2CCC34CC5OC6C(OC7CCC(CC(=O)CC8C(CC9OC(CCC1O2)CC(C)C9=C)OC(CC(O)CO)C8OC)OC7C6O3)C5O4. The fraction of sp³-hybridized carbons (Fsp3) is 0.875. The number of Topliss-reactive ketones (excluding diaryl/α,β-unsaturated/α-hetero) is 2. The summed E-state index contributed by atoms with van der Waals surface area (Å²) in [6.07, 6.45) is 8.03. The zero-order valence-electron chi connectivity index (χ0n) is 61.4. The number of aliphatic hydroxyl groups is 4. The summed E-state index contributed by atoms with van der Waals surface area (Å²) < 4.78 is 120. The van der Waals surface area contributed by atoms with Gasteiger partial charge in [-0.2, -0.15) is 0 Å². The van der Waals surface area contributed by atoms with Gasteiger partial charge in [0.2, 0.25) is 0 Å². The quantitative estimate of drug-likeness (QED) is 0.179. The first-order valence-corrected chi connectivity index (χ1v) is 40.2. The Bertz CT molecular complexity index is 2950. The van der Waals surface area contributed by atoms with Crippen LogP contribution in [0, 0.1) is 23.7 Å². The average molecular weight is 1460 g/mol. The minimum atomic E-state index is -0.951. The van der Waals surface area contributed by atoms with Crippen LogP contribution in [0.1, 0.15) is 181 Å². The Hall–Kier alpha value is -2.58. The van der Waals surface area contributed by atoms with Crippen LogP contribution in [0.3, 0.4) is 0 Å². The molecule has 20 aliphatic rings. The molecular formula is C80H116O24. The molecule has 0 radical (unpaired) electrons. The van der Waals surface area contributed by atoms with Crippen molar-refractivity contribution in [2.24, 2.45) is 23.7 Å². The molecule has 2 spiro atoms. The van der Waals surface area contributed by atoms with Gasteiger partial charge in [-0.05, 0) is 124 Å². The van der Waals surface area contributed by atoms with E-state index in [4.69, 9.17) is 85.3 Å². The number of ketones is 2. The van der Waals surface area contributed by atoms with E-state index >= 15 is 0 Å². The third kappa shape index (κ3) is 14.3. The van der Waals surface area contributed by atoms with Crippen molar-refractivity contribution in [3.63, 3.8) is 0 Å². The summed E-state index contributed by atoms with van der Waals surface area (Å²) >= 11 is 0. The molecule has 580 valence electrons. The van der Waals surface area contributed by atoms with Gasteiger partial charge in [0.25, 0.3) is 0 Å². The van der Waals surface area contributed by atoms with Crippen molar-refractivity contribution in [2.75, 3.05) is 27.4 Å². The number of methoxy groups -OCH3 is 2. The summed E-state index contributed by atoms with van der Waals surface area (Å²) in [7, 11) is 3.26. The van der Waals surface area contributed by atoms with E-state index in [2.05, 4.69) is 40.2 Å². The number of aliphatic hydroxyl groups excluding tert-OH is 4. The molecular weight excluding hydrogens is 1340 g/mol. The number of carbonyl (C=O) groups excluding carboxylic acids is 2. The summed E-state index contributed by atoms with van der Waals surface area (Å²) in [6, 6.07) is 0. The van der Waals surface area contributed by atoms with Crippen molar-refractivity contribution >= 4 is 11.6 Å².